The highest BCUT2D eigenvalue weighted by Crippen LogP contribution is 2.28. The molecule has 3 atom stereocenters. The fourth-order valence-electron chi connectivity index (χ4n) is 3.64. The van der Waals surface area contributed by atoms with Crippen LogP contribution in [-0.2, 0) is 9.47 Å². The maximum Gasteiger partial charge on any atom is 0.410 e. The van der Waals surface area contributed by atoms with E-state index in [-0.39, 0.29) is 18.1 Å². The number of ether oxygens (including phenoxy) is 2. The molecule has 0 radical (unpaired) electrons. The van der Waals surface area contributed by atoms with Crippen molar-refractivity contribution >= 4 is 23.8 Å². The number of rotatable bonds is 6. The summed E-state index contributed by atoms with van der Waals surface area (Å²) in [6.07, 6.45) is 1.16. The Labute approximate surface area is 183 Å². The summed E-state index contributed by atoms with van der Waals surface area (Å²) in [5.41, 5.74) is 0.297. The van der Waals surface area contributed by atoms with Crippen molar-refractivity contribution in [3.05, 3.63) is 34.9 Å². The van der Waals surface area contributed by atoms with E-state index in [1.54, 1.807) is 17.0 Å². The molecule has 168 valence electrons. The van der Waals surface area contributed by atoms with Crippen LogP contribution < -0.4 is 5.32 Å². The number of nitrogens with zero attached hydrogens (tertiary/aromatic N) is 1. The van der Waals surface area contributed by atoms with Crippen LogP contribution in [-0.4, -0.2) is 54.1 Å². The first-order valence-corrected chi connectivity index (χ1v) is 10.7. The van der Waals surface area contributed by atoms with E-state index in [0.717, 1.165) is 18.4 Å². The minimum absolute atomic E-state index is 0.0376. The van der Waals surface area contributed by atoms with Crippen molar-refractivity contribution in [3.63, 3.8) is 0 Å². The summed E-state index contributed by atoms with van der Waals surface area (Å²) >= 11 is 6.09. The number of halogens is 1. The first-order chi connectivity index (χ1) is 14.1. The van der Waals surface area contributed by atoms with Crippen LogP contribution in [0.2, 0.25) is 5.02 Å². The van der Waals surface area contributed by atoms with Crippen molar-refractivity contribution in [1.82, 2.24) is 10.2 Å². The number of alkyl carbamates (subject to hydrolysis) is 1. The number of hydrogen-bond acceptors (Lipinski definition) is 5. The lowest BCUT2D eigenvalue weighted by atomic mass is 9.88. The molecule has 8 heteroatoms. The highest BCUT2D eigenvalue weighted by molar-refractivity contribution is 6.30. The number of piperidine rings is 1. The SMILES string of the molecule is COC(=O)N[C@@H](CCC(O)C1CCCN(C(=O)OC(C)(C)C)C1)c1cccc(Cl)c1. The van der Waals surface area contributed by atoms with E-state index in [1.807, 2.05) is 32.9 Å². The summed E-state index contributed by atoms with van der Waals surface area (Å²) < 4.78 is 10.2. The molecule has 30 heavy (non-hydrogen) atoms. The second-order valence-electron chi connectivity index (χ2n) is 8.72. The topological polar surface area (TPSA) is 88.1 Å². The Balaban J connectivity index is 1.97. The first-order valence-electron chi connectivity index (χ1n) is 10.3. The van der Waals surface area contributed by atoms with Gasteiger partial charge in [0, 0.05) is 24.0 Å². The zero-order valence-electron chi connectivity index (χ0n) is 18.2. The minimum Gasteiger partial charge on any atom is -0.453 e. The number of aliphatic hydroxyl groups is 1. The molecule has 1 aromatic rings. The Morgan fingerprint density at radius 1 is 1.33 bits per heavy atom. The Kier molecular flexibility index (Phi) is 8.79. The molecule has 1 heterocycles. The predicted octanol–water partition coefficient (Wildman–Crippen LogP) is 4.53. The van der Waals surface area contributed by atoms with Gasteiger partial charge >= 0.3 is 12.2 Å². The van der Waals surface area contributed by atoms with E-state index < -0.39 is 17.8 Å². The van der Waals surface area contributed by atoms with Crippen molar-refractivity contribution in [2.45, 2.75) is 64.2 Å². The second-order valence-corrected chi connectivity index (χ2v) is 9.15. The number of aliphatic hydroxyl groups excluding tert-OH is 1. The predicted molar refractivity (Wildman–Crippen MR) is 116 cm³/mol. The van der Waals surface area contributed by atoms with Crippen molar-refractivity contribution in [2.75, 3.05) is 20.2 Å². The van der Waals surface area contributed by atoms with Crippen LogP contribution in [0.1, 0.15) is 58.1 Å². The normalized spacial score (nSPS) is 19.0. The second kappa shape index (κ2) is 10.9. The highest BCUT2D eigenvalue weighted by Gasteiger charge is 2.31. The lowest BCUT2D eigenvalue weighted by Crippen LogP contribution is -2.45. The van der Waals surface area contributed by atoms with Gasteiger partial charge in [-0.3, -0.25) is 0 Å². The molecule has 1 aliphatic rings. The quantitative estimate of drug-likeness (QED) is 0.678. The van der Waals surface area contributed by atoms with Crippen molar-refractivity contribution in [1.29, 1.82) is 0 Å². The van der Waals surface area contributed by atoms with E-state index in [1.165, 1.54) is 7.11 Å². The Hall–Kier alpha value is -1.99. The monoisotopic (exact) mass is 440 g/mol. The summed E-state index contributed by atoms with van der Waals surface area (Å²) in [4.78, 5) is 25.8. The molecular weight excluding hydrogens is 408 g/mol. The maximum absolute atomic E-state index is 12.4. The molecule has 7 nitrogen and oxygen atoms in total. The molecule has 2 N–H and O–H groups in total. The lowest BCUT2D eigenvalue weighted by molar-refractivity contribution is 0.000822. The third kappa shape index (κ3) is 7.69. The molecule has 0 saturated carbocycles. The van der Waals surface area contributed by atoms with Crippen LogP contribution in [0.15, 0.2) is 24.3 Å². The molecule has 1 fully saturated rings. The van der Waals surface area contributed by atoms with E-state index >= 15 is 0 Å². The van der Waals surface area contributed by atoms with Crippen molar-refractivity contribution < 1.29 is 24.2 Å². The minimum atomic E-state index is -0.601. The van der Waals surface area contributed by atoms with Gasteiger partial charge in [-0.2, -0.15) is 0 Å². The van der Waals surface area contributed by atoms with Gasteiger partial charge in [0.15, 0.2) is 0 Å². The molecular formula is C22H33ClN2O5. The summed E-state index contributed by atoms with van der Waals surface area (Å²) in [5.74, 6) is -0.0376. The first kappa shape index (κ1) is 24.3. The van der Waals surface area contributed by atoms with E-state index in [0.29, 0.717) is 31.0 Å². The molecule has 0 aliphatic carbocycles. The average molecular weight is 441 g/mol. The van der Waals surface area contributed by atoms with E-state index in [9.17, 15) is 14.7 Å². The largest absolute Gasteiger partial charge is 0.453 e. The van der Waals surface area contributed by atoms with Gasteiger partial charge in [0.05, 0.1) is 19.3 Å². The van der Waals surface area contributed by atoms with Crippen LogP contribution in [0, 0.1) is 5.92 Å². The molecule has 1 aromatic carbocycles. The van der Waals surface area contributed by atoms with Gasteiger partial charge in [0.2, 0.25) is 0 Å². The van der Waals surface area contributed by atoms with Gasteiger partial charge in [0.25, 0.3) is 0 Å². The van der Waals surface area contributed by atoms with E-state index in [2.05, 4.69) is 5.32 Å². The fourth-order valence-corrected chi connectivity index (χ4v) is 3.83. The maximum atomic E-state index is 12.4. The highest BCUT2D eigenvalue weighted by atomic mass is 35.5. The van der Waals surface area contributed by atoms with Crippen LogP contribution in [0.3, 0.4) is 0 Å². The van der Waals surface area contributed by atoms with Gasteiger partial charge in [-0.15, -0.1) is 0 Å². The number of benzene rings is 1. The zero-order valence-corrected chi connectivity index (χ0v) is 18.9. The van der Waals surface area contributed by atoms with E-state index in [4.69, 9.17) is 21.1 Å². The van der Waals surface area contributed by atoms with Gasteiger partial charge in [-0.05, 0) is 64.2 Å². The fraction of sp³-hybridized carbons (Fsp3) is 0.636. The Bertz CT molecular complexity index is 722. The molecule has 2 amide bonds. The number of amides is 2. The number of nitrogens with one attached hydrogen (secondary N) is 1. The number of methoxy groups -OCH3 is 1. The average Bonchev–Trinajstić information content (AvgIpc) is 2.69. The van der Waals surface area contributed by atoms with Crippen LogP contribution in [0.25, 0.3) is 0 Å². The number of carbonyl (C=O) groups is 2. The third-order valence-corrected chi connectivity index (χ3v) is 5.37. The molecule has 0 bridgehead atoms. The molecule has 0 spiro atoms. The number of likely N-dealkylation sites (tertiary alicyclic amines) is 1. The van der Waals surface area contributed by atoms with Gasteiger partial charge < -0.3 is 24.8 Å². The Morgan fingerprint density at radius 2 is 2.07 bits per heavy atom. The van der Waals surface area contributed by atoms with Gasteiger partial charge in [-0.25, -0.2) is 9.59 Å². The van der Waals surface area contributed by atoms with Crippen LogP contribution >= 0.6 is 11.6 Å². The number of hydrogen-bond donors (Lipinski definition) is 2. The smallest absolute Gasteiger partial charge is 0.410 e. The van der Waals surface area contributed by atoms with Crippen LogP contribution in [0.5, 0.6) is 0 Å². The van der Waals surface area contributed by atoms with Crippen molar-refractivity contribution in [2.24, 2.45) is 5.92 Å². The summed E-state index contributed by atoms with van der Waals surface area (Å²) in [6.45, 7) is 6.61. The molecule has 2 unspecified atom stereocenters. The van der Waals surface area contributed by atoms with Crippen LogP contribution in [0.4, 0.5) is 9.59 Å². The standard InChI is InChI=1S/C22H33ClN2O5/c1-22(2,3)30-21(28)25-12-6-8-16(14-25)19(26)11-10-18(24-20(27)29-4)15-7-5-9-17(23)13-15/h5,7,9,13,16,18-19,26H,6,8,10-12,14H2,1-4H3,(H,24,27)/t16?,18-,19?/m0/s1. The Morgan fingerprint density at radius 3 is 2.70 bits per heavy atom. The lowest BCUT2D eigenvalue weighted by Gasteiger charge is -2.36. The summed E-state index contributed by atoms with van der Waals surface area (Å²) in [5, 5.41) is 14.2. The molecule has 1 aliphatic heterocycles. The third-order valence-electron chi connectivity index (χ3n) is 5.13. The van der Waals surface area contributed by atoms with Crippen molar-refractivity contribution in [3.8, 4) is 0 Å². The molecule has 1 saturated heterocycles. The summed E-state index contributed by atoms with van der Waals surface area (Å²) in [6, 6.07) is 6.92. The zero-order chi connectivity index (χ0) is 22.3. The molecule has 0 aromatic heterocycles. The summed E-state index contributed by atoms with van der Waals surface area (Å²) in [7, 11) is 1.31. The number of carbonyl (C=O) groups excluding carboxylic acids is 2. The molecule has 2 rings (SSSR count). The van der Waals surface area contributed by atoms with Gasteiger partial charge in [-0.1, -0.05) is 23.7 Å². The van der Waals surface area contributed by atoms with Gasteiger partial charge in [0.1, 0.15) is 5.60 Å².